The Bertz CT molecular complexity index is 198. The van der Waals surface area contributed by atoms with Gasteiger partial charge >= 0.3 is 65.1 Å². The number of carbonyl (C=O) groups excluding carboxylic acids is 2. The van der Waals surface area contributed by atoms with Crippen molar-refractivity contribution in [2.24, 2.45) is 5.73 Å². The van der Waals surface area contributed by atoms with Crippen molar-refractivity contribution in [2.75, 3.05) is 0 Å². The fraction of sp³-hybridized carbons (Fsp3) is 0.714. The van der Waals surface area contributed by atoms with Gasteiger partial charge in [-0.05, 0) is 12.8 Å². The van der Waals surface area contributed by atoms with Crippen molar-refractivity contribution in [3.8, 4) is 0 Å². The van der Waals surface area contributed by atoms with Gasteiger partial charge in [0.05, 0.1) is 0 Å². The molecule has 0 aliphatic rings. The van der Waals surface area contributed by atoms with Gasteiger partial charge in [0.1, 0.15) is 4.32 Å². The SMILES string of the molecule is CCC(Br)(CC)C(=O)NC(N)=O.[NaH].[NaH]. The minimum atomic E-state index is -0.814. The molecule has 74 valence electrons. The van der Waals surface area contributed by atoms with Crippen LogP contribution in [0.1, 0.15) is 26.7 Å². The van der Waals surface area contributed by atoms with E-state index in [0.717, 1.165) is 0 Å². The van der Waals surface area contributed by atoms with Crippen molar-refractivity contribution in [3.63, 3.8) is 0 Å². The molecule has 3 N–H and O–H groups in total. The molecule has 0 radical (unpaired) electrons. The van der Waals surface area contributed by atoms with Crippen molar-refractivity contribution in [1.29, 1.82) is 0 Å². The van der Waals surface area contributed by atoms with E-state index in [-0.39, 0.29) is 65.0 Å². The summed E-state index contributed by atoms with van der Waals surface area (Å²) in [5, 5.41) is 2.04. The van der Waals surface area contributed by atoms with Crippen LogP contribution >= 0.6 is 15.9 Å². The van der Waals surface area contributed by atoms with Crippen molar-refractivity contribution in [2.45, 2.75) is 31.0 Å². The van der Waals surface area contributed by atoms with Crippen molar-refractivity contribution < 1.29 is 9.59 Å². The molecule has 0 aromatic rings. The summed E-state index contributed by atoms with van der Waals surface area (Å²) in [7, 11) is 0. The van der Waals surface area contributed by atoms with Crippen LogP contribution in [-0.4, -0.2) is 75.4 Å². The Morgan fingerprint density at radius 1 is 1.29 bits per heavy atom. The summed E-state index contributed by atoms with van der Waals surface area (Å²) in [5.41, 5.74) is 4.81. The summed E-state index contributed by atoms with van der Waals surface area (Å²) in [5.74, 6) is -0.375. The fourth-order valence-electron chi connectivity index (χ4n) is 0.795. The molecular formula is C7H15BrN2Na2O2. The second kappa shape index (κ2) is 9.63. The predicted molar refractivity (Wildman–Crippen MR) is 64.3 cm³/mol. The Hall–Kier alpha value is 1.42. The number of nitrogens with two attached hydrogens (primary N) is 1. The van der Waals surface area contributed by atoms with E-state index >= 15 is 0 Å². The number of nitrogens with one attached hydrogen (secondary N) is 1. The van der Waals surface area contributed by atoms with E-state index in [0.29, 0.717) is 12.8 Å². The first-order valence-electron chi connectivity index (χ1n) is 3.76. The van der Waals surface area contributed by atoms with Crippen LogP contribution in [0, 0.1) is 0 Å². The van der Waals surface area contributed by atoms with Crippen LogP contribution in [0.2, 0.25) is 0 Å². The molecule has 0 fully saturated rings. The third kappa shape index (κ3) is 6.82. The molecule has 0 aromatic carbocycles. The molecule has 14 heavy (non-hydrogen) atoms. The zero-order valence-electron chi connectivity index (χ0n) is 7.19. The molecule has 0 saturated carbocycles. The summed E-state index contributed by atoms with van der Waals surface area (Å²) >= 11 is 3.26. The number of rotatable bonds is 3. The molecule has 0 unspecified atom stereocenters. The third-order valence-corrected chi connectivity index (χ3v) is 3.25. The normalized spacial score (nSPS) is 9.36. The number of carbonyl (C=O) groups is 2. The number of halogens is 1. The summed E-state index contributed by atoms with van der Waals surface area (Å²) in [6.07, 6.45) is 1.23. The molecule has 7 heteroatoms. The number of urea groups is 1. The summed E-state index contributed by atoms with van der Waals surface area (Å²) in [6.45, 7) is 3.72. The van der Waals surface area contributed by atoms with Gasteiger partial charge in [-0.1, -0.05) is 29.8 Å². The maximum absolute atomic E-state index is 11.3. The Balaban J connectivity index is -0.000000605. The molecule has 0 heterocycles. The van der Waals surface area contributed by atoms with Crippen LogP contribution in [-0.2, 0) is 4.79 Å². The van der Waals surface area contributed by atoms with Crippen molar-refractivity contribution in [3.05, 3.63) is 0 Å². The van der Waals surface area contributed by atoms with Gasteiger partial charge in [0.15, 0.2) is 0 Å². The Morgan fingerprint density at radius 2 is 1.64 bits per heavy atom. The zero-order chi connectivity index (χ0) is 9.78. The van der Waals surface area contributed by atoms with Gasteiger partial charge in [-0.3, -0.25) is 10.1 Å². The van der Waals surface area contributed by atoms with E-state index < -0.39 is 10.4 Å². The molecule has 0 aromatic heterocycles. The van der Waals surface area contributed by atoms with E-state index in [1.165, 1.54) is 0 Å². The van der Waals surface area contributed by atoms with Crippen LogP contribution in [0.5, 0.6) is 0 Å². The second-order valence-electron chi connectivity index (χ2n) is 2.49. The first kappa shape index (κ1) is 20.8. The number of amides is 3. The molecule has 4 nitrogen and oxygen atoms in total. The number of imide groups is 1. The quantitative estimate of drug-likeness (QED) is 0.558. The van der Waals surface area contributed by atoms with Crippen LogP contribution in [0.4, 0.5) is 4.79 Å². The molecule has 3 amide bonds. The van der Waals surface area contributed by atoms with E-state index in [2.05, 4.69) is 15.9 Å². The molecule has 0 aliphatic heterocycles. The third-order valence-electron chi connectivity index (χ3n) is 1.76. The molecule has 0 bridgehead atoms. The standard InChI is InChI=1S/C7H13BrN2O2.2Na.2H/c1-3-7(8,4-2)5(11)10-6(9)12;;;;/h3-4H2,1-2H3,(H3,9,10,11,12);;;;. The second-order valence-corrected chi connectivity index (χ2v) is 4.01. The van der Waals surface area contributed by atoms with Crippen LogP contribution in [0.3, 0.4) is 0 Å². The van der Waals surface area contributed by atoms with E-state index in [9.17, 15) is 9.59 Å². The molecule has 0 saturated heterocycles. The summed E-state index contributed by atoms with van der Waals surface area (Å²) < 4.78 is -0.665. The van der Waals surface area contributed by atoms with Gasteiger partial charge in [0.2, 0.25) is 5.91 Å². The van der Waals surface area contributed by atoms with Gasteiger partial charge in [-0.2, -0.15) is 0 Å². The number of hydrogen-bond acceptors (Lipinski definition) is 2. The first-order chi connectivity index (χ1) is 5.46. The Kier molecular flexibility index (Phi) is 14.3. The Labute approximate surface area is 137 Å². The zero-order valence-corrected chi connectivity index (χ0v) is 8.77. The van der Waals surface area contributed by atoms with Crippen LogP contribution < -0.4 is 11.1 Å². The van der Waals surface area contributed by atoms with E-state index in [4.69, 9.17) is 5.73 Å². The van der Waals surface area contributed by atoms with Gasteiger partial charge in [-0.15, -0.1) is 0 Å². The predicted octanol–water partition coefficient (Wildman–Crippen LogP) is -0.162. The van der Waals surface area contributed by atoms with E-state index in [1.54, 1.807) is 0 Å². The Morgan fingerprint density at radius 3 is 1.86 bits per heavy atom. The molecular weight excluding hydrogens is 270 g/mol. The fourth-order valence-corrected chi connectivity index (χ4v) is 0.894. The van der Waals surface area contributed by atoms with Gasteiger partial charge in [0.25, 0.3) is 0 Å². The number of primary amides is 1. The number of alkyl halides is 1. The maximum atomic E-state index is 11.3. The average Bonchev–Trinajstić information content (AvgIpc) is 2.02. The van der Waals surface area contributed by atoms with E-state index in [1.807, 2.05) is 19.2 Å². The monoisotopic (exact) mass is 284 g/mol. The molecule has 0 rings (SSSR count). The van der Waals surface area contributed by atoms with Crippen LogP contribution in [0.25, 0.3) is 0 Å². The molecule has 0 spiro atoms. The summed E-state index contributed by atoms with van der Waals surface area (Å²) in [6, 6.07) is -0.814. The van der Waals surface area contributed by atoms with Gasteiger partial charge in [0, 0.05) is 0 Å². The summed E-state index contributed by atoms with van der Waals surface area (Å²) in [4.78, 5) is 21.6. The van der Waals surface area contributed by atoms with Gasteiger partial charge < -0.3 is 5.73 Å². The number of hydrogen-bond donors (Lipinski definition) is 2. The minimum absolute atomic E-state index is 0. The van der Waals surface area contributed by atoms with Crippen LogP contribution in [0.15, 0.2) is 0 Å². The molecule has 0 atom stereocenters. The topological polar surface area (TPSA) is 72.2 Å². The first-order valence-corrected chi connectivity index (χ1v) is 4.55. The van der Waals surface area contributed by atoms with Crippen molar-refractivity contribution >= 4 is 87.0 Å². The average molecular weight is 285 g/mol. The molecule has 0 aliphatic carbocycles. The van der Waals surface area contributed by atoms with Gasteiger partial charge in [-0.25, -0.2) is 4.79 Å². The van der Waals surface area contributed by atoms with Crippen molar-refractivity contribution in [1.82, 2.24) is 5.32 Å².